The molecule has 1 aromatic heterocycles. The van der Waals surface area contributed by atoms with Gasteiger partial charge in [0.05, 0.1) is 0 Å². The quantitative estimate of drug-likeness (QED) is 0.852. The Morgan fingerprint density at radius 2 is 2.24 bits per heavy atom. The molecule has 0 aliphatic carbocycles. The van der Waals surface area contributed by atoms with Gasteiger partial charge in [-0.3, -0.25) is 4.98 Å². The highest BCUT2D eigenvalue weighted by atomic mass is 16.5. The van der Waals surface area contributed by atoms with Crippen LogP contribution in [-0.4, -0.2) is 40.3 Å². The van der Waals surface area contributed by atoms with Gasteiger partial charge in [0.25, 0.3) is 0 Å². The molecule has 0 spiro atoms. The summed E-state index contributed by atoms with van der Waals surface area (Å²) in [7, 11) is 0. The van der Waals surface area contributed by atoms with Gasteiger partial charge >= 0.3 is 6.09 Å². The summed E-state index contributed by atoms with van der Waals surface area (Å²) in [5, 5.41) is 8.84. The Hall–Kier alpha value is -1.78. The van der Waals surface area contributed by atoms with E-state index in [4.69, 9.17) is 9.84 Å². The number of aromatic nitrogens is 1. The molecule has 1 aliphatic rings. The van der Waals surface area contributed by atoms with Gasteiger partial charge in [0.1, 0.15) is 11.9 Å². The van der Waals surface area contributed by atoms with Gasteiger partial charge in [-0.05, 0) is 13.0 Å². The predicted molar refractivity (Wildman–Crippen MR) is 62.2 cm³/mol. The molecule has 1 aliphatic heterocycles. The van der Waals surface area contributed by atoms with E-state index in [1.165, 1.54) is 4.90 Å². The third kappa shape index (κ3) is 2.87. The second-order valence-corrected chi connectivity index (χ2v) is 4.23. The van der Waals surface area contributed by atoms with Gasteiger partial charge in [-0.2, -0.15) is 0 Å². The van der Waals surface area contributed by atoms with Crippen LogP contribution in [0.25, 0.3) is 0 Å². The minimum absolute atomic E-state index is 0.103. The van der Waals surface area contributed by atoms with Crippen LogP contribution in [-0.2, 0) is 0 Å². The zero-order chi connectivity index (χ0) is 12.3. The van der Waals surface area contributed by atoms with Crippen molar-refractivity contribution in [1.29, 1.82) is 0 Å². The molecule has 5 nitrogen and oxygen atoms in total. The zero-order valence-electron chi connectivity index (χ0n) is 9.80. The number of pyridine rings is 1. The van der Waals surface area contributed by atoms with Crippen molar-refractivity contribution in [3.8, 4) is 5.75 Å². The van der Waals surface area contributed by atoms with Gasteiger partial charge in [0.15, 0.2) is 0 Å². The third-order valence-corrected chi connectivity index (χ3v) is 2.97. The van der Waals surface area contributed by atoms with E-state index in [1.54, 1.807) is 12.4 Å². The van der Waals surface area contributed by atoms with Gasteiger partial charge in [-0.1, -0.05) is 0 Å². The highest BCUT2D eigenvalue weighted by Gasteiger charge is 2.23. The minimum atomic E-state index is -0.844. The number of aryl methyl sites for hydroxylation is 1. The van der Waals surface area contributed by atoms with Crippen molar-refractivity contribution in [3.63, 3.8) is 0 Å². The second-order valence-electron chi connectivity index (χ2n) is 4.23. The molecule has 1 amide bonds. The first-order valence-corrected chi connectivity index (χ1v) is 5.72. The summed E-state index contributed by atoms with van der Waals surface area (Å²) < 4.78 is 5.85. The summed E-state index contributed by atoms with van der Waals surface area (Å²) in [4.78, 5) is 16.2. The zero-order valence-corrected chi connectivity index (χ0v) is 9.80. The maximum atomic E-state index is 10.8. The van der Waals surface area contributed by atoms with Crippen molar-refractivity contribution >= 4 is 6.09 Å². The fraction of sp³-hybridized carbons (Fsp3) is 0.500. The standard InChI is InChI=1S/C12H16N2O3/c1-9-8-13-5-2-11(9)17-10-3-6-14(7-4-10)12(15)16/h2,5,8,10H,3-4,6-7H2,1H3,(H,15,16). The lowest BCUT2D eigenvalue weighted by Gasteiger charge is -2.30. The average Bonchev–Trinajstić information content (AvgIpc) is 2.33. The van der Waals surface area contributed by atoms with Crippen LogP contribution < -0.4 is 4.74 Å². The number of amides is 1. The molecule has 92 valence electrons. The number of rotatable bonds is 2. The van der Waals surface area contributed by atoms with Gasteiger partial charge in [-0.15, -0.1) is 0 Å². The number of hydrogen-bond donors (Lipinski definition) is 1. The highest BCUT2D eigenvalue weighted by Crippen LogP contribution is 2.21. The van der Waals surface area contributed by atoms with Crippen molar-refractivity contribution in [2.75, 3.05) is 13.1 Å². The molecule has 1 fully saturated rings. The molecule has 0 unspecified atom stereocenters. The normalized spacial score (nSPS) is 16.9. The number of piperidine rings is 1. The summed E-state index contributed by atoms with van der Waals surface area (Å²) in [5.41, 5.74) is 1.01. The van der Waals surface area contributed by atoms with Gasteiger partial charge in [0.2, 0.25) is 0 Å². The van der Waals surface area contributed by atoms with E-state index in [0.717, 1.165) is 24.2 Å². The smallest absolute Gasteiger partial charge is 0.407 e. The van der Waals surface area contributed by atoms with E-state index < -0.39 is 6.09 Å². The molecule has 0 bridgehead atoms. The van der Waals surface area contributed by atoms with Crippen LogP contribution in [0.15, 0.2) is 18.5 Å². The summed E-state index contributed by atoms with van der Waals surface area (Å²) in [6, 6.07) is 1.85. The van der Waals surface area contributed by atoms with E-state index in [1.807, 2.05) is 13.0 Å². The van der Waals surface area contributed by atoms with Crippen LogP contribution >= 0.6 is 0 Å². The molecule has 5 heteroatoms. The Bertz CT molecular complexity index is 400. The van der Waals surface area contributed by atoms with Crippen LogP contribution in [0.5, 0.6) is 5.75 Å². The maximum Gasteiger partial charge on any atom is 0.407 e. The molecule has 1 saturated heterocycles. The molecule has 1 aromatic rings. The number of likely N-dealkylation sites (tertiary alicyclic amines) is 1. The first kappa shape index (κ1) is 11.7. The number of ether oxygens (including phenoxy) is 1. The lowest BCUT2D eigenvalue weighted by molar-refractivity contribution is 0.0890. The minimum Gasteiger partial charge on any atom is -0.490 e. The molecule has 1 N–H and O–H groups in total. The fourth-order valence-corrected chi connectivity index (χ4v) is 1.94. The average molecular weight is 236 g/mol. The molecule has 0 atom stereocenters. The third-order valence-electron chi connectivity index (χ3n) is 2.97. The Kier molecular flexibility index (Phi) is 3.46. The van der Waals surface area contributed by atoms with Gasteiger partial charge in [0, 0.05) is 43.9 Å². The van der Waals surface area contributed by atoms with Crippen LogP contribution in [0.3, 0.4) is 0 Å². The summed E-state index contributed by atoms with van der Waals surface area (Å²) in [6.45, 7) is 3.04. The van der Waals surface area contributed by atoms with E-state index >= 15 is 0 Å². The van der Waals surface area contributed by atoms with E-state index in [0.29, 0.717) is 13.1 Å². The first-order chi connectivity index (χ1) is 8.16. The first-order valence-electron chi connectivity index (χ1n) is 5.72. The molecular formula is C12H16N2O3. The van der Waals surface area contributed by atoms with Gasteiger partial charge in [-0.25, -0.2) is 4.79 Å². The lowest BCUT2D eigenvalue weighted by atomic mass is 10.1. The predicted octanol–water partition coefficient (Wildman–Crippen LogP) is 1.91. The van der Waals surface area contributed by atoms with E-state index in [9.17, 15) is 4.79 Å². The topological polar surface area (TPSA) is 62.7 Å². The van der Waals surface area contributed by atoms with Gasteiger partial charge < -0.3 is 14.7 Å². The van der Waals surface area contributed by atoms with Crippen molar-refractivity contribution in [2.24, 2.45) is 0 Å². The van der Waals surface area contributed by atoms with Crippen LogP contribution in [0.2, 0.25) is 0 Å². The van der Waals surface area contributed by atoms with Crippen LogP contribution in [0.4, 0.5) is 4.79 Å². The van der Waals surface area contributed by atoms with Crippen molar-refractivity contribution in [1.82, 2.24) is 9.88 Å². The highest BCUT2D eigenvalue weighted by molar-refractivity contribution is 5.65. The number of carboxylic acid groups (broad SMARTS) is 1. The Labute approximate surface area is 100 Å². The molecular weight excluding hydrogens is 220 g/mol. The molecule has 17 heavy (non-hydrogen) atoms. The van der Waals surface area contributed by atoms with Crippen molar-refractivity contribution in [2.45, 2.75) is 25.9 Å². The summed E-state index contributed by atoms with van der Waals surface area (Å²) in [5.74, 6) is 0.841. The molecule has 2 heterocycles. The Morgan fingerprint density at radius 3 is 2.82 bits per heavy atom. The number of carbonyl (C=O) groups is 1. The monoisotopic (exact) mass is 236 g/mol. The van der Waals surface area contributed by atoms with E-state index in [-0.39, 0.29) is 6.10 Å². The SMILES string of the molecule is Cc1cnccc1OC1CCN(C(=O)O)CC1. The lowest BCUT2D eigenvalue weighted by Crippen LogP contribution is -2.41. The fourth-order valence-electron chi connectivity index (χ4n) is 1.94. The molecule has 0 aromatic carbocycles. The largest absolute Gasteiger partial charge is 0.490 e. The maximum absolute atomic E-state index is 10.8. The summed E-state index contributed by atoms with van der Waals surface area (Å²) in [6.07, 6.45) is 4.22. The Balaban J connectivity index is 1.90. The van der Waals surface area contributed by atoms with Crippen LogP contribution in [0.1, 0.15) is 18.4 Å². The Morgan fingerprint density at radius 1 is 1.53 bits per heavy atom. The molecule has 2 rings (SSSR count). The second kappa shape index (κ2) is 5.03. The molecule has 0 radical (unpaired) electrons. The van der Waals surface area contributed by atoms with Crippen molar-refractivity contribution < 1.29 is 14.6 Å². The van der Waals surface area contributed by atoms with E-state index in [2.05, 4.69) is 4.98 Å². The summed E-state index contributed by atoms with van der Waals surface area (Å²) >= 11 is 0. The molecule has 0 saturated carbocycles. The van der Waals surface area contributed by atoms with Crippen molar-refractivity contribution in [3.05, 3.63) is 24.0 Å². The number of hydrogen-bond acceptors (Lipinski definition) is 3. The number of nitrogens with zero attached hydrogens (tertiary/aromatic N) is 2. The van der Waals surface area contributed by atoms with Crippen LogP contribution in [0, 0.1) is 6.92 Å².